The second kappa shape index (κ2) is 5.23. The van der Waals surface area contributed by atoms with Crippen molar-refractivity contribution in [2.45, 2.75) is 11.8 Å². The zero-order valence-electron chi connectivity index (χ0n) is 11.0. The molecule has 0 atom stereocenters. The fourth-order valence-electron chi connectivity index (χ4n) is 1.92. The lowest BCUT2D eigenvalue weighted by atomic mass is 10.1. The smallest absolute Gasteiger partial charge is 0.338 e. The molecule has 0 saturated heterocycles. The minimum absolute atomic E-state index is 0.186. The number of hydrogen-bond acceptors (Lipinski definition) is 6. The highest BCUT2D eigenvalue weighted by molar-refractivity contribution is 7.86. The number of carbonyl (C=O) groups excluding carboxylic acids is 1. The summed E-state index contributed by atoms with van der Waals surface area (Å²) < 4.78 is 36.3. The fraction of sp³-hybridized carbons (Fsp3) is 0.154. The fourth-order valence-corrected chi connectivity index (χ4v) is 2.57. The number of nitrogen functional groups attached to an aromatic ring is 1. The SMILES string of the molecule is CCOC(=O)c1ccc2cc(S(=O)(=O)O)c(N)c(O)c2c1. The highest BCUT2D eigenvalue weighted by Crippen LogP contribution is 2.36. The van der Waals surface area contributed by atoms with Gasteiger partial charge in [-0.2, -0.15) is 8.42 Å². The van der Waals surface area contributed by atoms with E-state index in [4.69, 9.17) is 15.0 Å². The largest absolute Gasteiger partial charge is 0.505 e. The van der Waals surface area contributed by atoms with Crippen LogP contribution in [0.2, 0.25) is 0 Å². The molecule has 112 valence electrons. The number of nitrogens with two attached hydrogens (primary N) is 1. The number of ether oxygens (including phenoxy) is 1. The van der Waals surface area contributed by atoms with Gasteiger partial charge in [0.25, 0.3) is 10.1 Å². The van der Waals surface area contributed by atoms with Crippen molar-refractivity contribution in [3.63, 3.8) is 0 Å². The molecule has 2 aromatic rings. The van der Waals surface area contributed by atoms with E-state index in [-0.39, 0.29) is 17.6 Å². The molecule has 4 N–H and O–H groups in total. The van der Waals surface area contributed by atoms with Gasteiger partial charge in [-0.3, -0.25) is 4.55 Å². The van der Waals surface area contributed by atoms with Crippen LogP contribution in [0.5, 0.6) is 5.75 Å². The summed E-state index contributed by atoms with van der Waals surface area (Å²) in [5.74, 6) is -1.09. The zero-order valence-corrected chi connectivity index (χ0v) is 11.8. The molecule has 0 radical (unpaired) electrons. The number of carbonyl (C=O) groups is 1. The molecule has 0 heterocycles. The van der Waals surface area contributed by atoms with Crippen LogP contribution in [0.3, 0.4) is 0 Å². The zero-order chi connectivity index (χ0) is 15.8. The molecule has 0 aromatic heterocycles. The summed E-state index contributed by atoms with van der Waals surface area (Å²) in [6.07, 6.45) is 0. The van der Waals surface area contributed by atoms with Gasteiger partial charge >= 0.3 is 5.97 Å². The van der Waals surface area contributed by atoms with E-state index in [9.17, 15) is 18.3 Å². The number of hydrogen-bond donors (Lipinski definition) is 3. The quantitative estimate of drug-likeness (QED) is 0.339. The first-order valence-electron chi connectivity index (χ1n) is 5.95. The van der Waals surface area contributed by atoms with E-state index in [2.05, 4.69) is 0 Å². The number of phenolic OH excluding ortho intramolecular Hbond substituents is 1. The number of rotatable bonds is 3. The molecule has 8 heteroatoms. The Morgan fingerprint density at radius 2 is 2.00 bits per heavy atom. The normalized spacial score (nSPS) is 11.5. The van der Waals surface area contributed by atoms with Crippen molar-refractivity contribution < 1.29 is 27.6 Å². The average Bonchev–Trinajstić information content (AvgIpc) is 2.41. The Morgan fingerprint density at radius 3 is 2.57 bits per heavy atom. The maximum Gasteiger partial charge on any atom is 0.338 e. The van der Waals surface area contributed by atoms with Crippen LogP contribution in [0.4, 0.5) is 5.69 Å². The van der Waals surface area contributed by atoms with Crippen molar-refractivity contribution in [1.82, 2.24) is 0 Å². The number of benzene rings is 2. The van der Waals surface area contributed by atoms with Crippen LogP contribution in [0, 0.1) is 0 Å². The monoisotopic (exact) mass is 311 g/mol. The van der Waals surface area contributed by atoms with Crippen LogP contribution < -0.4 is 5.73 Å². The van der Waals surface area contributed by atoms with Crippen LogP contribution in [0.25, 0.3) is 10.8 Å². The molecular weight excluding hydrogens is 298 g/mol. The third kappa shape index (κ3) is 2.76. The molecule has 0 aliphatic rings. The Morgan fingerprint density at radius 1 is 1.33 bits per heavy atom. The van der Waals surface area contributed by atoms with Crippen LogP contribution >= 0.6 is 0 Å². The van der Waals surface area contributed by atoms with E-state index >= 15 is 0 Å². The van der Waals surface area contributed by atoms with Gasteiger partial charge in [0.15, 0.2) is 0 Å². The minimum Gasteiger partial charge on any atom is -0.505 e. The summed E-state index contributed by atoms with van der Waals surface area (Å²) in [7, 11) is -4.56. The second-order valence-electron chi connectivity index (χ2n) is 4.27. The first-order chi connectivity index (χ1) is 9.75. The van der Waals surface area contributed by atoms with Crippen molar-refractivity contribution in [3.05, 3.63) is 29.8 Å². The predicted molar refractivity (Wildman–Crippen MR) is 75.8 cm³/mol. The average molecular weight is 311 g/mol. The Kier molecular flexibility index (Phi) is 3.75. The molecule has 0 bridgehead atoms. The first kappa shape index (κ1) is 15.1. The van der Waals surface area contributed by atoms with Gasteiger partial charge in [-0.05, 0) is 30.5 Å². The molecule has 0 amide bonds. The Balaban J connectivity index is 2.71. The molecular formula is C13H13NO6S. The highest BCUT2D eigenvalue weighted by atomic mass is 32.2. The summed E-state index contributed by atoms with van der Waals surface area (Å²) in [5.41, 5.74) is 5.23. The predicted octanol–water partition coefficient (Wildman–Crippen LogP) is 1.55. The number of aromatic hydroxyl groups is 1. The topological polar surface area (TPSA) is 127 Å². The molecule has 0 spiro atoms. The second-order valence-corrected chi connectivity index (χ2v) is 5.66. The first-order valence-corrected chi connectivity index (χ1v) is 7.39. The maximum absolute atomic E-state index is 11.6. The lowest BCUT2D eigenvalue weighted by molar-refractivity contribution is 0.0526. The summed E-state index contributed by atoms with van der Waals surface area (Å²) in [4.78, 5) is 11.1. The molecule has 2 rings (SSSR count). The molecule has 0 saturated carbocycles. The van der Waals surface area contributed by atoms with E-state index in [0.717, 1.165) is 6.07 Å². The molecule has 0 unspecified atom stereocenters. The van der Waals surface area contributed by atoms with E-state index in [1.54, 1.807) is 6.92 Å². The lowest BCUT2D eigenvalue weighted by Gasteiger charge is -2.10. The van der Waals surface area contributed by atoms with Gasteiger partial charge in [0.2, 0.25) is 0 Å². The van der Waals surface area contributed by atoms with E-state index in [1.807, 2.05) is 0 Å². The number of anilines is 1. The van der Waals surface area contributed by atoms with Crippen LogP contribution in [0.15, 0.2) is 29.2 Å². The van der Waals surface area contributed by atoms with Gasteiger partial charge in [0.1, 0.15) is 10.6 Å². The molecule has 21 heavy (non-hydrogen) atoms. The van der Waals surface area contributed by atoms with Crippen LogP contribution in [-0.4, -0.2) is 30.7 Å². The Labute approximate surface area is 120 Å². The van der Waals surface area contributed by atoms with Crippen molar-refractivity contribution >= 4 is 32.5 Å². The number of esters is 1. The maximum atomic E-state index is 11.6. The molecule has 0 aliphatic carbocycles. The van der Waals surface area contributed by atoms with Gasteiger partial charge in [0.05, 0.1) is 17.9 Å². The van der Waals surface area contributed by atoms with Crippen LogP contribution in [0.1, 0.15) is 17.3 Å². The summed E-state index contributed by atoms with van der Waals surface area (Å²) in [5, 5.41) is 10.5. The van der Waals surface area contributed by atoms with Gasteiger partial charge in [-0.25, -0.2) is 4.79 Å². The van der Waals surface area contributed by atoms with E-state index in [1.165, 1.54) is 18.2 Å². The summed E-state index contributed by atoms with van der Waals surface area (Å²) in [6, 6.07) is 5.31. The van der Waals surface area contributed by atoms with Gasteiger partial charge in [0, 0.05) is 5.39 Å². The standard InChI is InChI=1S/C13H13NO6S/c1-2-20-13(16)8-4-3-7-6-10(21(17,18)19)11(14)12(15)9(7)5-8/h3-6,15H,2,14H2,1H3,(H,17,18,19). The van der Waals surface area contributed by atoms with E-state index in [0.29, 0.717) is 5.39 Å². The molecule has 7 nitrogen and oxygen atoms in total. The Bertz CT molecular complexity index is 828. The number of phenols is 1. The summed E-state index contributed by atoms with van der Waals surface area (Å²) in [6.45, 7) is 1.86. The van der Waals surface area contributed by atoms with Gasteiger partial charge in [-0.1, -0.05) is 6.07 Å². The lowest BCUT2D eigenvalue weighted by Crippen LogP contribution is -2.06. The third-order valence-electron chi connectivity index (χ3n) is 2.90. The van der Waals surface area contributed by atoms with Crippen molar-refractivity contribution in [3.8, 4) is 5.75 Å². The van der Waals surface area contributed by atoms with E-state index < -0.39 is 32.4 Å². The molecule has 2 aromatic carbocycles. The van der Waals surface area contributed by atoms with Crippen molar-refractivity contribution in [2.24, 2.45) is 0 Å². The minimum atomic E-state index is -4.56. The van der Waals surface area contributed by atoms with Gasteiger partial charge in [-0.15, -0.1) is 0 Å². The third-order valence-corrected chi connectivity index (χ3v) is 3.80. The Hall–Kier alpha value is -2.32. The van der Waals surface area contributed by atoms with Crippen molar-refractivity contribution in [1.29, 1.82) is 0 Å². The van der Waals surface area contributed by atoms with Crippen molar-refractivity contribution in [2.75, 3.05) is 12.3 Å². The van der Waals surface area contributed by atoms with Gasteiger partial charge < -0.3 is 15.6 Å². The molecule has 0 fully saturated rings. The molecule has 0 aliphatic heterocycles. The number of fused-ring (bicyclic) bond motifs is 1. The highest BCUT2D eigenvalue weighted by Gasteiger charge is 2.20. The van der Waals surface area contributed by atoms with Crippen LogP contribution in [-0.2, 0) is 14.9 Å². The summed E-state index contributed by atoms with van der Waals surface area (Å²) >= 11 is 0.